The van der Waals surface area contributed by atoms with Crippen molar-refractivity contribution in [2.75, 3.05) is 6.61 Å². The number of rotatable bonds is 4. The average molecular weight is 214 g/mol. The van der Waals surface area contributed by atoms with Gasteiger partial charge in [-0.1, -0.05) is 20.3 Å². The molecular weight excluding hydrogens is 194 g/mol. The quantitative estimate of drug-likeness (QED) is 0.691. The van der Waals surface area contributed by atoms with Crippen LogP contribution in [0.4, 0.5) is 0 Å². The number of ether oxygens (including phenoxy) is 1. The van der Waals surface area contributed by atoms with Gasteiger partial charge < -0.3 is 15.9 Å². The number of carbonyl (C=O) groups is 1. The van der Waals surface area contributed by atoms with Crippen molar-refractivity contribution in [3.63, 3.8) is 0 Å². The van der Waals surface area contributed by atoms with Gasteiger partial charge in [0.2, 0.25) is 0 Å². The predicted molar refractivity (Wildman–Crippen MR) is 54.9 cm³/mol. The Kier molecular flexibility index (Phi) is 13.9. The summed E-state index contributed by atoms with van der Waals surface area (Å²) >= 11 is 0. The number of hydrogen-bond acceptors (Lipinski definition) is 3. The SMILES string of the molecule is CCOC(=O)C(N)C(C)CC.Cl.O. The third kappa shape index (κ3) is 6.81. The lowest BCUT2D eigenvalue weighted by atomic mass is 10.0. The van der Waals surface area contributed by atoms with E-state index in [0.717, 1.165) is 6.42 Å². The van der Waals surface area contributed by atoms with E-state index in [1.807, 2.05) is 13.8 Å². The normalized spacial score (nSPS) is 13.2. The molecule has 0 heterocycles. The second-order valence-corrected chi connectivity index (χ2v) is 2.66. The predicted octanol–water partition coefficient (Wildman–Crippen LogP) is 0.520. The molecule has 0 aliphatic heterocycles. The van der Waals surface area contributed by atoms with Crippen LogP contribution < -0.4 is 5.73 Å². The van der Waals surface area contributed by atoms with Gasteiger partial charge in [-0.25, -0.2) is 0 Å². The molecule has 0 fully saturated rings. The third-order valence-electron chi connectivity index (χ3n) is 1.82. The first-order chi connectivity index (χ1) is 5.13. The maximum atomic E-state index is 11.0. The Morgan fingerprint density at radius 3 is 2.23 bits per heavy atom. The van der Waals surface area contributed by atoms with E-state index in [0.29, 0.717) is 6.61 Å². The molecule has 0 aliphatic rings. The second-order valence-electron chi connectivity index (χ2n) is 2.66. The molecule has 0 aliphatic carbocycles. The molecule has 0 bridgehead atoms. The van der Waals surface area contributed by atoms with E-state index >= 15 is 0 Å². The van der Waals surface area contributed by atoms with Crippen molar-refractivity contribution in [2.24, 2.45) is 11.7 Å². The van der Waals surface area contributed by atoms with Gasteiger partial charge in [-0.15, -0.1) is 12.4 Å². The summed E-state index contributed by atoms with van der Waals surface area (Å²) in [6.07, 6.45) is 0.903. The molecule has 0 radical (unpaired) electrons. The summed E-state index contributed by atoms with van der Waals surface area (Å²) in [5, 5.41) is 0. The topological polar surface area (TPSA) is 83.8 Å². The molecule has 0 saturated carbocycles. The molecule has 0 aromatic carbocycles. The van der Waals surface area contributed by atoms with Crippen LogP contribution in [-0.2, 0) is 9.53 Å². The fourth-order valence-electron chi connectivity index (χ4n) is 0.725. The van der Waals surface area contributed by atoms with Crippen molar-refractivity contribution in [1.82, 2.24) is 0 Å². The molecule has 4 nitrogen and oxygen atoms in total. The Labute approximate surface area is 85.5 Å². The lowest BCUT2D eigenvalue weighted by molar-refractivity contribution is -0.145. The van der Waals surface area contributed by atoms with Crippen LogP contribution in [0.3, 0.4) is 0 Å². The van der Waals surface area contributed by atoms with E-state index < -0.39 is 6.04 Å². The zero-order valence-electron chi connectivity index (χ0n) is 8.37. The van der Waals surface area contributed by atoms with Gasteiger partial charge in [0.05, 0.1) is 6.61 Å². The minimum absolute atomic E-state index is 0. The van der Waals surface area contributed by atoms with Crippen LogP contribution in [0.5, 0.6) is 0 Å². The Bertz CT molecular complexity index is 133. The highest BCUT2D eigenvalue weighted by molar-refractivity contribution is 5.85. The van der Waals surface area contributed by atoms with Gasteiger partial charge in [0, 0.05) is 0 Å². The largest absolute Gasteiger partial charge is 0.465 e. The first-order valence-corrected chi connectivity index (χ1v) is 4.05. The van der Waals surface area contributed by atoms with Crippen molar-refractivity contribution in [1.29, 1.82) is 0 Å². The van der Waals surface area contributed by atoms with Gasteiger partial charge in [-0.05, 0) is 12.8 Å². The summed E-state index contributed by atoms with van der Waals surface area (Å²) in [5.74, 6) is -0.0871. The van der Waals surface area contributed by atoms with Gasteiger partial charge in [-0.2, -0.15) is 0 Å². The number of esters is 1. The summed E-state index contributed by atoms with van der Waals surface area (Å²) in [5.41, 5.74) is 5.58. The number of nitrogens with two attached hydrogens (primary N) is 1. The highest BCUT2D eigenvalue weighted by atomic mass is 35.5. The monoisotopic (exact) mass is 213 g/mol. The Balaban J connectivity index is -0.000000500. The maximum absolute atomic E-state index is 11.0. The second kappa shape index (κ2) is 9.77. The minimum atomic E-state index is -0.458. The maximum Gasteiger partial charge on any atom is 0.323 e. The van der Waals surface area contributed by atoms with Gasteiger partial charge in [0.1, 0.15) is 6.04 Å². The minimum Gasteiger partial charge on any atom is -0.465 e. The molecule has 0 saturated heterocycles. The fourth-order valence-corrected chi connectivity index (χ4v) is 0.725. The van der Waals surface area contributed by atoms with E-state index in [1.165, 1.54) is 0 Å². The van der Waals surface area contributed by atoms with E-state index in [2.05, 4.69) is 0 Å². The van der Waals surface area contributed by atoms with Crippen molar-refractivity contribution in [3.8, 4) is 0 Å². The van der Waals surface area contributed by atoms with Crippen LogP contribution in [0, 0.1) is 5.92 Å². The lowest BCUT2D eigenvalue weighted by Gasteiger charge is -2.15. The van der Waals surface area contributed by atoms with E-state index in [-0.39, 0.29) is 29.8 Å². The van der Waals surface area contributed by atoms with E-state index in [4.69, 9.17) is 10.5 Å². The molecule has 82 valence electrons. The summed E-state index contributed by atoms with van der Waals surface area (Å²) in [6.45, 7) is 6.13. The number of halogens is 1. The van der Waals surface area contributed by atoms with Crippen molar-refractivity contribution in [2.45, 2.75) is 33.2 Å². The molecule has 2 atom stereocenters. The van der Waals surface area contributed by atoms with Crippen LogP contribution in [-0.4, -0.2) is 24.1 Å². The van der Waals surface area contributed by atoms with Crippen LogP contribution >= 0.6 is 12.4 Å². The van der Waals surface area contributed by atoms with Gasteiger partial charge >= 0.3 is 5.97 Å². The molecule has 0 rings (SSSR count). The summed E-state index contributed by atoms with van der Waals surface area (Å²) in [4.78, 5) is 11.0. The average Bonchev–Trinajstić information content (AvgIpc) is 2.02. The summed E-state index contributed by atoms with van der Waals surface area (Å²) in [7, 11) is 0. The van der Waals surface area contributed by atoms with Crippen molar-refractivity contribution >= 4 is 18.4 Å². The molecule has 0 amide bonds. The molecular formula is C8H20ClNO3. The van der Waals surface area contributed by atoms with E-state index in [1.54, 1.807) is 6.92 Å². The summed E-state index contributed by atoms with van der Waals surface area (Å²) in [6, 6.07) is -0.458. The van der Waals surface area contributed by atoms with Crippen LogP contribution in [0.2, 0.25) is 0 Å². The molecule has 13 heavy (non-hydrogen) atoms. The molecule has 0 spiro atoms. The highest BCUT2D eigenvalue weighted by Crippen LogP contribution is 2.06. The molecule has 4 N–H and O–H groups in total. The number of carbonyl (C=O) groups excluding carboxylic acids is 1. The van der Waals surface area contributed by atoms with Gasteiger partial charge in [0.25, 0.3) is 0 Å². The van der Waals surface area contributed by atoms with Crippen LogP contribution in [0.15, 0.2) is 0 Å². The first-order valence-electron chi connectivity index (χ1n) is 4.05. The molecule has 0 aromatic rings. The van der Waals surface area contributed by atoms with Crippen molar-refractivity contribution < 1.29 is 15.0 Å². The standard InChI is InChI=1S/C8H17NO2.ClH.H2O/c1-4-6(3)7(9)8(10)11-5-2;;/h6-7H,4-5,9H2,1-3H3;1H;1H2. The number of hydrogen-bond donors (Lipinski definition) is 1. The first kappa shape index (κ1) is 18.5. The highest BCUT2D eigenvalue weighted by Gasteiger charge is 2.19. The Morgan fingerprint density at radius 1 is 1.46 bits per heavy atom. The zero-order valence-corrected chi connectivity index (χ0v) is 9.19. The Morgan fingerprint density at radius 2 is 1.92 bits per heavy atom. The van der Waals surface area contributed by atoms with Gasteiger partial charge in [0.15, 0.2) is 0 Å². The van der Waals surface area contributed by atoms with E-state index in [9.17, 15) is 4.79 Å². The smallest absolute Gasteiger partial charge is 0.323 e. The van der Waals surface area contributed by atoms with Crippen LogP contribution in [0.25, 0.3) is 0 Å². The molecule has 2 unspecified atom stereocenters. The molecule has 0 aromatic heterocycles. The summed E-state index contributed by atoms with van der Waals surface area (Å²) < 4.78 is 4.76. The van der Waals surface area contributed by atoms with Gasteiger partial charge in [-0.3, -0.25) is 4.79 Å². The fraction of sp³-hybridized carbons (Fsp3) is 0.875. The zero-order chi connectivity index (χ0) is 8.85. The van der Waals surface area contributed by atoms with Crippen molar-refractivity contribution in [3.05, 3.63) is 0 Å². The molecule has 5 heteroatoms. The van der Waals surface area contributed by atoms with Crippen LogP contribution in [0.1, 0.15) is 27.2 Å². The lowest BCUT2D eigenvalue weighted by Crippen LogP contribution is -2.37. The third-order valence-corrected chi connectivity index (χ3v) is 1.82. The Hall–Kier alpha value is -0.320.